The molecule has 0 aromatic heterocycles. The van der Waals surface area contributed by atoms with Crippen LogP contribution >= 0.6 is 11.6 Å². The fraction of sp³-hybridized carbons (Fsp3) is 0.278. The van der Waals surface area contributed by atoms with E-state index in [1.54, 1.807) is 43.3 Å². The first-order chi connectivity index (χ1) is 12.2. The van der Waals surface area contributed by atoms with Crippen LogP contribution in [0.5, 0.6) is 0 Å². The number of nitrogens with two attached hydrogens (primary N) is 1. The second-order valence-corrected chi connectivity index (χ2v) is 8.06. The average molecular weight is 396 g/mol. The van der Waals surface area contributed by atoms with E-state index < -0.39 is 16.1 Å². The molecule has 1 unspecified atom stereocenters. The minimum Gasteiger partial charge on any atom is -0.325 e. The van der Waals surface area contributed by atoms with Crippen molar-refractivity contribution in [3.05, 3.63) is 53.1 Å². The summed E-state index contributed by atoms with van der Waals surface area (Å²) >= 11 is 5.81. The number of rotatable bonds is 7. The van der Waals surface area contributed by atoms with Crippen LogP contribution in [0.1, 0.15) is 25.3 Å². The molecule has 8 heteroatoms. The molecule has 0 aliphatic heterocycles. The highest BCUT2D eigenvalue weighted by molar-refractivity contribution is 7.92. The van der Waals surface area contributed by atoms with Crippen LogP contribution in [-0.2, 0) is 14.8 Å². The normalized spacial score (nSPS) is 12.5. The summed E-state index contributed by atoms with van der Waals surface area (Å²) in [6.45, 7) is 3.62. The lowest BCUT2D eigenvalue weighted by molar-refractivity contribution is -0.117. The molecule has 0 aliphatic rings. The number of carbonyl (C=O) groups excluding carboxylic acids is 1. The lowest BCUT2D eigenvalue weighted by Gasteiger charge is -2.14. The number of benzene rings is 2. The SMILES string of the molecule is CCCC(N)C(=O)Nc1ccc(C)c(S(=O)(=O)Nc2ccc(Cl)cc2)c1. The number of anilines is 2. The number of aryl methyl sites for hydroxylation is 1. The molecule has 0 bridgehead atoms. The van der Waals surface area contributed by atoms with E-state index in [1.165, 1.54) is 6.07 Å². The van der Waals surface area contributed by atoms with E-state index in [0.29, 0.717) is 28.4 Å². The fourth-order valence-corrected chi connectivity index (χ4v) is 3.83. The third-order valence-electron chi connectivity index (χ3n) is 3.78. The number of halogens is 1. The van der Waals surface area contributed by atoms with Crippen molar-refractivity contribution in [2.24, 2.45) is 5.73 Å². The highest BCUT2D eigenvalue weighted by Gasteiger charge is 2.19. The first-order valence-electron chi connectivity index (χ1n) is 8.18. The smallest absolute Gasteiger partial charge is 0.262 e. The molecule has 0 fully saturated rings. The minimum absolute atomic E-state index is 0.0781. The van der Waals surface area contributed by atoms with Crippen molar-refractivity contribution in [2.45, 2.75) is 37.6 Å². The number of hydrogen-bond acceptors (Lipinski definition) is 4. The molecule has 6 nitrogen and oxygen atoms in total. The van der Waals surface area contributed by atoms with Crippen LogP contribution in [0, 0.1) is 6.92 Å². The van der Waals surface area contributed by atoms with Crippen LogP contribution in [0.3, 0.4) is 0 Å². The lowest BCUT2D eigenvalue weighted by atomic mass is 10.1. The zero-order valence-electron chi connectivity index (χ0n) is 14.6. The molecule has 0 saturated heterocycles. The Balaban J connectivity index is 2.25. The Morgan fingerprint density at radius 2 is 1.77 bits per heavy atom. The number of hydrogen-bond donors (Lipinski definition) is 3. The maximum Gasteiger partial charge on any atom is 0.262 e. The summed E-state index contributed by atoms with van der Waals surface area (Å²) in [5.41, 5.74) is 7.12. The number of sulfonamides is 1. The summed E-state index contributed by atoms with van der Waals surface area (Å²) in [4.78, 5) is 12.1. The van der Waals surface area contributed by atoms with Gasteiger partial charge in [-0.25, -0.2) is 8.42 Å². The van der Waals surface area contributed by atoms with E-state index in [9.17, 15) is 13.2 Å². The molecule has 140 valence electrons. The molecule has 2 aromatic carbocycles. The molecule has 1 atom stereocenters. The first kappa shape index (κ1) is 20.2. The van der Waals surface area contributed by atoms with Gasteiger partial charge in [0.15, 0.2) is 0 Å². The lowest BCUT2D eigenvalue weighted by Crippen LogP contribution is -2.35. The Morgan fingerprint density at radius 3 is 2.38 bits per heavy atom. The van der Waals surface area contributed by atoms with Gasteiger partial charge >= 0.3 is 0 Å². The molecule has 26 heavy (non-hydrogen) atoms. The van der Waals surface area contributed by atoms with Gasteiger partial charge in [0.2, 0.25) is 5.91 Å². The van der Waals surface area contributed by atoms with Crippen molar-refractivity contribution in [3.8, 4) is 0 Å². The van der Waals surface area contributed by atoms with Gasteiger partial charge < -0.3 is 11.1 Å². The van der Waals surface area contributed by atoms with E-state index in [-0.39, 0.29) is 10.8 Å². The molecule has 2 rings (SSSR count). The van der Waals surface area contributed by atoms with Crippen LogP contribution in [0.4, 0.5) is 11.4 Å². The second-order valence-electron chi connectivity index (χ2n) is 5.98. The molecule has 1 amide bonds. The standard InChI is InChI=1S/C18H22ClN3O3S/c1-3-4-16(20)18(23)21-15-8-5-12(2)17(11-15)26(24,25)22-14-9-6-13(19)7-10-14/h5-11,16,22H,3-4,20H2,1-2H3,(H,21,23). The van der Waals surface area contributed by atoms with Crippen molar-refractivity contribution in [1.82, 2.24) is 0 Å². The minimum atomic E-state index is -3.82. The van der Waals surface area contributed by atoms with Crippen molar-refractivity contribution in [2.75, 3.05) is 10.0 Å². The van der Waals surface area contributed by atoms with E-state index in [2.05, 4.69) is 10.0 Å². The van der Waals surface area contributed by atoms with Crippen LogP contribution in [-0.4, -0.2) is 20.4 Å². The van der Waals surface area contributed by atoms with Gasteiger partial charge in [0.25, 0.3) is 10.0 Å². The topological polar surface area (TPSA) is 101 Å². The van der Waals surface area contributed by atoms with Crippen LogP contribution in [0.2, 0.25) is 5.02 Å². The molecule has 0 saturated carbocycles. The number of nitrogens with one attached hydrogen (secondary N) is 2. The Hall–Kier alpha value is -2.09. The summed E-state index contributed by atoms with van der Waals surface area (Å²) in [7, 11) is -3.82. The predicted molar refractivity (Wildman–Crippen MR) is 105 cm³/mol. The molecule has 0 aliphatic carbocycles. The van der Waals surface area contributed by atoms with E-state index >= 15 is 0 Å². The van der Waals surface area contributed by atoms with Crippen molar-refractivity contribution < 1.29 is 13.2 Å². The Kier molecular flexibility index (Phi) is 6.63. The quantitative estimate of drug-likeness (QED) is 0.667. The van der Waals surface area contributed by atoms with Gasteiger partial charge in [-0.2, -0.15) is 0 Å². The molecular weight excluding hydrogens is 374 g/mol. The molecule has 0 spiro atoms. The zero-order chi connectivity index (χ0) is 19.3. The summed E-state index contributed by atoms with van der Waals surface area (Å²) in [6, 6.07) is 10.4. The fourth-order valence-electron chi connectivity index (χ4n) is 2.37. The average Bonchev–Trinajstić information content (AvgIpc) is 2.58. The largest absolute Gasteiger partial charge is 0.325 e. The van der Waals surface area contributed by atoms with Crippen molar-refractivity contribution >= 4 is 38.9 Å². The first-order valence-corrected chi connectivity index (χ1v) is 10.0. The summed E-state index contributed by atoms with van der Waals surface area (Å²) in [5, 5.41) is 3.18. The second kappa shape index (κ2) is 8.53. The van der Waals surface area contributed by atoms with E-state index in [1.807, 2.05) is 6.92 Å². The summed E-state index contributed by atoms with van der Waals surface area (Å²) in [6.07, 6.45) is 1.34. The van der Waals surface area contributed by atoms with Gasteiger partial charge in [-0.1, -0.05) is 31.0 Å². The number of amides is 1. The van der Waals surface area contributed by atoms with Crippen molar-refractivity contribution in [1.29, 1.82) is 0 Å². The highest BCUT2D eigenvalue weighted by atomic mass is 35.5. The Morgan fingerprint density at radius 1 is 1.15 bits per heavy atom. The van der Waals surface area contributed by atoms with Crippen molar-refractivity contribution in [3.63, 3.8) is 0 Å². The van der Waals surface area contributed by atoms with Crippen LogP contribution in [0.25, 0.3) is 0 Å². The van der Waals surface area contributed by atoms with Crippen LogP contribution in [0.15, 0.2) is 47.4 Å². The number of carbonyl (C=O) groups is 1. The molecule has 0 heterocycles. The third kappa shape index (κ3) is 5.20. The zero-order valence-corrected chi connectivity index (χ0v) is 16.2. The van der Waals surface area contributed by atoms with Gasteiger partial charge in [-0.05, 0) is 55.3 Å². The van der Waals surface area contributed by atoms with Gasteiger partial charge in [0.05, 0.1) is 10.9 Å². The molecule has 0 radical (unpaired) electrons. The Bertz CT molecular complexity index is 883. The Labute approximate surface area is 158 Å². The van der Waals surface area contributed by atoms with Gasteiger partial charge in [0.1, 0.15) is 0 Å². The van der Waals surface area contributed by atoms with Crippen LogP contribution < -0.4 is 15.8 Å². The third-order valence-corrected chi connectivity index (χ3v) is 5.55. The van der Waals surface area contributed by atoms with Gasteiger partial charge in [-0.15, -0.1) is 0 Å². The predicted octanol–water partition coefficient (Wildman–Crippen LogP) is 3.52. The van der Waals surface area contributed by atoms with Gasteiger partial charge in [0, 0.05) is 16.4 Å². The molecule has 4 N–H and O–H groups in total. The van der Waals surface area contributed by atoms with Gasteiger partial charge in [-0.3, -0.25) is 9.52 Å². The monoisotopic (exact) mass is 395 g/mol. The highest BCUT2D eigenvalue weighted by Crippen LogP contribution is 2.24. The summed E-state index contributed by atoms with van der Waals surface area (Å²) in [5.74, 6) is -0.343. The maximum atomic E-state index is 12.7. The maximum absolute atomic E-state index is 12.7. The summed E-state index contributed by atoms with van der Waals surface area (Å²) < 4.78 is 27.9. The molecular formula is C18H22ClN3O3S. The molecule has 2 aromatic rings. The van der Waals surface area contributed by atoms with E-state index in [4.69, 9.17) is 17.3 Å². The van der Waals surface area contributed by atoms with E-state index in [0.717, 1.165) is 6.42 Å².